The van der Waals surface area contributed by atoms with Gasteiger partial charge in [-0.15, -0.1) is 0 Å². The number of benzene rings is 2. The molecule has 1 fully saturated rings. The normalized spacial score (nSPS) is 24.5. The minimum atomic E-state index is -4.99. The third kappa shape index (κ3) is 4.70. The SMILES string of the molecule is C[C@H]1OCC(NC(=S)NC(=O)c2ccccc2)(c2ccccc2F)C1C(O)C(F)(F)F. The number of hydrogen-bond acceptors (Lipinski definition) is 4. The van der Waals surface area contributed by atoms with Crippen LogP contribution in [0.3, 0.4) is 0 Å². The quantitative estimate of drug-likeness (QED) is 0.487. The van der Waals surface area contributed by atoms with Crippen molar-refractivity contribution >= 4 is 23.2 Å². The number of thiocarbonyl (C=S) groups is 1. The van der Waals surface area contributed by atoms with Crippen LogP contribution in [0.2, 0.25) is 0 Å². The number of aliphatic hydroxyl groups is 1. The van der Waals surface area contributed by atoms with Crippen LogP contribution in [-0.4, -0.2) is 41.1 Å². The monoisotopic (exact) mass is 456 g/mol. The van der Waals surface area contributed by atoms with E-state index >= 15 is 0 Å². The molecule has 1 saturated heterocycles. The highest BCUT2D eigenvalue weighted by molar-refractivity contribution is 7.80. The van der Waals surface area contributed by atoms with Gasteiger partial charge in [0.2, 0.25) is 0 Å². The van der Waals surface area contributed by atoms with Crippen LogP contribution in [0, 0.1) is 11.7 Å². The van der Waals surface area contributed by atoms with Crippen molar-refractivity contribution in [2.75, 3.05) is 6.61 Å². The lowest BCUT2D eigenvalue weighted by Crippen LogP contribution is -2.60. The Kier molecular flexibility index (Phi) is 6.63. The molecule has 3 rings (SSSR count). The molecule has 1 amide bonds. The second-order valence-corrected chi connectivity index (χ2v) is 7.66. The molecule has 3 unspecified atom stereocenters. The molecule has 10 heteroatoms. The van der Waals surface area contributed by atoms with Gasteiger partial charge in [-0.25, -0.2) is 4.39 Å². The molecular weight excluding hydrogens is 436 g/mol. The zero-order valence-electron chi connectivity index (χ0n) is 16.3. The number of aliphatic hydroxyl groups excluding tert-OH is 1. The molecule has 0 spiro atoms. The molecular formula is C21H20F4N2O3S. The lowest BCUT2D eigenvalue weighted by Gasteiger charge is -2.40. The Bertz CT molecular complexity index is 957. The smallest absolute Gasteiger partial charge is 0.383 e. The molecule has 1 heterocycles. The topological polar surface area (TPSA) is 70.6 Å². The lowest BCUT2D eigenvalue weighted by atomic mass is 9.74. The van der Waals surface area contributed by atoms with Gasteiger partial charge in [-0.1, -0.05) is 36.4 Å². The van der Waals surface area contributed by atoms with E-state index in [1.54, 1.807) is 18.2 Å². The molecule has 31 heavy (non-hydrogen) atoms. The highest BCUT2D eigenvalue weighted by atomic mass is 32.1. The number of rotatable bonds is 4. The van der Waals surface area contributed by atoms with Gasteiger partial charge >= 0.3 is 6.18 Å². The summed E-state index contributed by atoms with van der Waals surface area (Å²) in [4.78, 5) is 12.4. The molecule has 1 aliphatic rings. The first-order valence-electron chi connectivity index (χ1n) is 9.36. The van der Waals surface area contributed by atoms with Gasteiger partial charge < -0.3 is 15.2 Å². The maximum atomic E-state index is 14.7. The average molecular weight is 456 g/mol. The van der Waals surface area contributed by atoms with Gasteiger partial charge in [-0.3, -0.25) is 10.1 Å². The Hall–Kier alpha value is -2.56. The van der Waals surface area contributed by atoms with Crippen LogP contribution >= 0.6 is 12.2 Å². The number of carbonyl (C=O) groups is 1. The standard InChI is InChI=1S/C21H20F4N2O3S/c1-12-16(17(28)21(23,24)25)20(11-30-12,14-9-5-6-10-15(14)22)27-19(31)26-18(29)13-7-3-2-4-8-13/h2-10,12,16-17,28H,11H2,1H3,(H2,26,27,29,31)/t12-,16?,17?,20?/m1/s1. The van der Waals surface area contributed by atoms with E-state index in [0.29, 0.717) is 0 Å². The van der Waals surface area contributed by atoms with Gasteiger partial charge in [0.05, 0.1) is 18.2 Å². The zero-order chi connectivity index (χ0) is 22.8. The first-order valence-corrected chi connectivity index (χ1v) is 9.77. The van der Waals surface area contributed by atoms with Crippen molar-refractivity contribution in [1.82, 2.24) is 10.6 Å². The van der Waals surface area contributed by atoms with E-state index < -0.39 is 48.2 Å². The fourth-order valence-corrected chi connectivity index (χ4v) is 4.13. The van der Waals surface area contributed by atoms with E-state index in [1.165, 1.54) is 37.3 Å². The van der Waals surface area contributed by atoms with E-state index in [1.807, 2.05) is 0 Å². The lowest BCUT2D eigenvalue weighted by molar-refractivity contribution is -0.228. The van der Waals surface area contributed by atoms with Crippen molar-refractivity contribution in [2.45, 2.75) is 30.8 Å². The number of hydrogen-bond donors (Lipinski definition) is 3. The summed E-state index contributed by atoms with van der Waals surface area (Å²) in [7, 11) is 0. The molecule has 3 N–H and O–H groups in total. The van der Waals surface area contributed by atoms with Crippen LogP contribution in [0.25, 0.3) is 0 Å². The van der Waals surface area contributed by atoms with Crippen molar-refractivity contribution in [2.24, 2.45) is 5.92 Å². The number of nitrogens with one attached hydrogen (secondary N) is 2. The Morgan fingerprint density at radius 1 is 1.19 bits per heavy atom. The number of halogens is 4. The number of amides is 1. The number of ether oxygens (including phenoxy) is 1. The molecule has 1 aliphatic heterocycles. The van der Waals surface area contributed by atoms with Gasteiger partial charge in [0.25, 0.3) is 5.91 Å². The molecule has 0 saturated carbocycles. The molecule has 166 valence electrons. The van der Waals surface area contributed by atoms with Gasteiger partial charge in [-0.05, 0) is 37.3 Å². The van der Waals surface area contributed by atoms with E-state index in [9.17, 15) is 27.5 Å². The largest absolute Gasteiger partial charge is 0.414 e. The van der Waals surface area contributed by atoms with Crippen LogP contribution < -0.4 is 10.6 Å². The van der Waals surface area contributed by atoms with Gasteiger partial charge in [-0.2, -0.15) is 13.2 Å². The first-order chi connectivity index (χ1) is 14.6. The van der Waals surface area contributed by atoms with Crippen LogP contribution in [0.5, 0.6) is 0 Å². The highest BCUT2D eigenvalue weighted by Gasteiger charge is 2.60. The fourth-order valence-electron chi connectivity index (χ4n) is 3.86. The van der Waals surface area contributed by atoms with Gasteiger partial charge in [0, 0.05) is 17.0 Å². The molecule has 0 bridgehead atoms. The molecule has 0 aromatic heterocycles. The van der Waals surface area contributed by atoms with Crippen molar-refractivity contribution in [3.05, 3.63) is 71.5 Å². The van der Waals surface area contributed by atoms with Crippen LogP contribution in [-0.2, 0) is 10.3 Å². The molecule has 2 aromatic rings. The predicted molar refractivity (Wildman–Crippen MR) is 109 cm³/mol. The maximum Gasteiger partial charge on any atom is 0.414 e. The summed E-state index contributed by atoms with van der Waals surface area (Å²) in [5.41, 5.74) is -1.76. The molecule has 2 aromatic carbocycles. The summed E-state index contributed by atoms with van der Waals surface area (Å²) in [5, 5.41) is 14.8. The third-order valence-electron chi connectivity index (χ3n) is 5.28. The minimum Gasteiger partial charge on any atom is -0.383 e. The van der Waals surface area contributed by atoms with E-state index in [4.69, 9.17) is 17.0 Å². The summed E-state index contributed by atoms with van der Waals surface area (Å²) < 4.78 is 60.6. The summed E-state index contributed by atoms with van der Waals surface area (Å²) >= 11 is 5.17. The van der Waals surface area contributed by atoms with Crippen molar-refractivity contribution < 1.29 is 32.2 Å². The van der Waals surface area contributed by atoms with E-state index in [2.05, 4.69) is 10.6 Å². The van der Waals surface area contributed by atoms with Crippen molar-refractivity contribution in [3.63, 3.8) is 0 Å². The predicted octanol–water partition coefficient (Wildman–Crippen LogP) is 3.28. The molecule has 5 nitrogen and oxygen atoms in total. The number of carbonyl (C=O) groups excluding carboxylic acids is 1. The highest BCUT2D eigenvalue weighted by Crippen LogP contribution is 2.45. The van der Waals surface area contributed by atoms with Crippen LogP contribution in [0.1, 0.15) is 22.8 Å². The summed E-state index contributed by atoms with van der Waals surface area (Å²) in [5.74, 6) is -3.04. The molecule has 4 atom stereocenters. The summed E-state index contributed by atoms with van der Waals surface area (Å²) in [6, 6.07) is 13.3. The molecule has 0 radical (unpaired) electrons. The summed E-state index contributed by atoms with van der Waals surface area (Å²) in [6.07, 6.45) is -8.90. The Labute approximate surface area is 181 Å². The minimum absolute atomic E-state index is 0.163. The van der Waals surface area contributed by atoms with Crippen LogP contribution in [0.15, 0.2) is 54.6 Å². The Balaban J connectivity index is 1.98. The molecule has 0 aliphatic carbocycles. The second-order valence-electron chi connectivity index (χ2n) is 7.25. The van der Waals surface area contributed by atoms with Crippen molar-refractivity contribution in [1.29, 1.82) is 0 Å². The Morgan fingerprint density at radius 2 is 1.81 bits per heavy atom. The average Bonchev–Trinajstić information content (AvgIpc) is 3.04. The summed E-state index contributed by atoms with van der Waals surface area (Å²) in [6.45, 7) is 0.948. The maximum absolute atomic E-state index is 14.7. The zero-order valence-corrected chi connectivity index (χ0v) is 17.1. The van der Waals surface area contributed by atoms with E-state index in [-0.39, 0.29) is 16.2 Å². The van der Waals surface area contributed by atoms with Gasteiger partial charge in [0.15, 0.2) is 11.2 Å². The third-order valence-corrected chi connectivity index (χ3v) is 5.48. The van der Waals surface area contributed by atoms with Crippen LogP contribution in [0.4, 0.5) is 17.6 Å². The number of alkyl halides is 3. The van der Waals surface area contributed by atoms with E-state index in [0.717, 1.165) is 6.07 Å². The second kappa shape index (κ2) is 8.89. The Morgan fingerprint density at radius 3 is 2.42 bits per heavy atom. The van der Waals surface area contributed by atoms with Gasteiger partial charge in [0.1, 0.15) is 5.82 Å². The fraction of sp³-hybridized carbons (Fsp3) is 0.333. The van der Waals surface area contributed by atoms with Crippen molar-refractivity contribution in [3.8, 4) is 0 Å². The first kappa shape index (κ1) is 23.1.